The molecular weight excluding hydrogens is 282 g/mol. The molecule has 1 saturated heterocycles. The summed E-state index contributed by atoms with van der Waals surface area (Å²) < 4.78 is 6.25. The zero-order chi connectivity index (χ0) is 15.9. The van der Waals surface area contributed by atoms with Crippen molar-refractivity contribution in [2.45, 2.75) is 70.8 Å². The normalized spacial score (nSPS) is 22.0. The molecule has 0 aromatic heterocycles. The van der Waals surface area contributed by atoms with E-state index in [-0.39, 0.29) is 0 Å². The molecule has 0 spiro atoms. The van der Waals surface area contributed by atoms with E-state index in [1.165, 1.54) is 76.4 Å². The van der Waals surface area contributed by atoms with Crippen LogP contribution >= 0.6 is 0 Å². The number of hydrogen-bond acceptors (Lipinski definition) is 2. The molecule has 2 nitrogen and oxygen atoms in total. The Morgan fingerprint density at radius 3 is 2.48 bits per heavy atom. The molecule has 1 saturated carbocycles. The molecule has 2 fully saturated rings. The molecule has 0 N–H and O–H groups in total. The van der Waals surface area contributed by atoms with Crippen LogP contribution in [0.1, 0.15) is 63.9 Å². The Morgan fingerprint density at radius 2 is 1.70 bits per heavy atom. The molecule has 3 rings (SSSR count). The zero-order valence-corrected chi connectivity index (χ0v) is 14.8. The van der Waals surface area contributed by atoms with E-state index in [4.69, 9.17) is 4.74 Å². The second-order valence-electron chi connectivity index (χ2n) is 7.57. The summed E-state index contributed by atoms with van der Waals surface area (Å²) >= 11 is 0. The third-order valence-electron chi connectivity index (χ3n) is 5.70. The fourth-order valence-electron chi connectivity index (χ4n) is 4.19. The van der Waals surface area contributed by atoms with E-state index in [1.807, 2.05) is 0 Å². The average molecular weight is 316 g/mol. The number of piperidine rings is 1. The first-order valence-electron chi connectivity index (χ1n) is 9.77. The van der Waals surface area contributed by atoms with Gasteiger partial charge in [-0.3, -0.25) is 4.90 Å². The summed E-state index contributed by atoms with van der Waals surface area (Å²) in [6.45, 7) is 5.62. The minimum Gasteiger partial charge on any atom is -0.492 e. The lowest BCUT2D eigenvalue weighted by molar-refractivity contribution is 0.124. The summed E-state index contributed by atoms with van der Waals surface area (Å²) in [6.07, 6.45) is 12.4. The lowest BCUT2D eigenvalue weighted by atomic mass is 9.85. The second-order valence-corrected chi connectivity index (χ2v) is 7.57. The fourth-order valence-corrected chi connectivity index (χ4v) is 4.19. The molecule has 128 valence electrons. The van der Waals surface area contributed by atoms with E-state index >= 15 is 0 Å². The highest BCUT2D eigenvalue weighted by molar-refractivity contribution is 5.33. The van der Waals surface area contributed by atoms with Crippen molar-refractivity contribution >= 4 is 0 Å². The zero-order valence-electron chi connectivity index (χ0n) is 14.8. The van der Waals surface area contributed by atoms with Crippen molar-refractivity contribution in [2.75, 3.05) is 19.7 Å². The Labute approximate surface area is 142 Å². The molecule has 1 heterocycles. The number of rotatable bonds is 6. The molecule has 0 amide bonds. The summed E-state index contributed by atoms with van der Waals surface area (Å²) in [5, 5.41) is 0. The van der Waals surface area contributed by atoms with Crippen LogP contribution in [0.4, 0.5) is 0 Å². The third-order valence-corrected chi connectivity index (χ3v) is 5.70. The van der Waals surface area contributed by atoms with Crippen molar-refractivity contribution in [1.82, 2.24) is 4.90 Å². The van der Waals surface area contributed by atoms with Gasteiger partial charge < -0.3 is 4.74 Å². The average Bonchev–Trinajstić information content (AvgIpc) is 2.62. The maximum absolute atomic E-state index is 6.25. The lowest BCUT2D eigenvalue weighted by Gasteiger charge is -2.32. The summed E-state index contributed by atoms with van der Waals surface area (Å²) in [6, 6.07) is 9.25. The number of likely N-dealkylation sites (tertiary alicyclic amines) is 1. The molecule has 2 heteroatoms. The number of benzene rings is 1. The largest absolute Gasteiger partial charge is 0.492 e. The SMILES string of the molecule is C[C@@H](COc1ccccc1CC1CCCCC1)N1CCCCC1. The highest BCUT2D eigenvalue weighted by atomic mass is 16.5. The van der Waals surface area contributed by atoms with Crippen LogP contribution in [0.25, 0.3) is 0 Å². The van der Waals surface area contributed by atoms with E-state index in [2.05, 4.69) is 36.1 Å². The Kier molecular flexibility index (Phi) is 6.38. The molecule has 1 atom stereocenters. The van der Waals surface area contributed by atoms with Gasteiger partial charge in [-0.2, -0.15) is 0 Å². The topological polar surface area (TPSA) is 12.5 Å². The van der Waals surface area contributed by atoms with Gasteiger partial charge in [0.05, 0.1) is 0 Å². The quantitative estimate of drug-likeness (QED) is 0.727. The van der Waals surface area contributed by atoms with Gasteiger partial charge in [0, 0.05) is 6.04 Å². The van der Waals surface area contributed by atoms with Crippen LogP contribution in [0.2, 0.25) is 0 Å². The molecule has 1 aromatic carbocycles. The van der Waals surface area contributed by atoms with Crippen LogP contribution in [-0.2, 0) is 6.42 Å². The number of nitrogens with zero attached hydrogens (tertiary/aromatic N) is 1. The molecule has 1 aliphatic carbocycles. The molecule has 1 aromatic rings. The van der Waals surface area contributed by atoms with Crippen LogP contribution in [-0.4, -0.2) is 30.6 Å². The fraction of sp³-hybridized carbons (Fsp3) is 0.714. The molecule has 23 heavy (non-hydrogen) atoms. The second kappa shape index (κ2) is 8.73. The van der Waals surface area contributed by atoms with Crippen molar-refractivity contribution in [1.29, 1.82) is 0 Å². The minimum absolute atomic E-state index is 0.526. The van der Waals surface area contributed by atoms with Gasteiger partial charge >= 0.3 is 0 Å². The van der Waals surface area contributed by atoms with Gasteiger partial charge in [0.15, 0.2) is 0 Å². The molecule has 0 radical (unpaired) electrons. The summed E-state index contributed by atoms with van der Waals surface area (Å²) in [5.74, 6) is 2.00. The van der Waals surface area contributed by atoms with Crippen LogP contribution in [0.5, 0.6) is 5.75 Å². The smallest absolute Gasteiger partial charge is 0.122 e. The van der Waals surface area contributed by atoms with Crippen LogP contribution in [0.15, 0.2) is 24.3 Å². The van der Waals surface area contributed by atoms with E-state index in [1.54, 1.807) is 0 Å². The van der Waals surface area contributed by atoms with Gasteiger partial charge in [-0.05, 0) is 56.8 Å². The van der Waals surface area contributed by atoms with Crippen LogP contribution in [0, 0.1) is 5.92 Å². The van der Waals surface area contributed by atoms with Gasteiger partial charge in [-0.15, -0.1) is 0 Å². The van der Waals surface area contributed by atoms with E-state index in [0.29, 0.717) is 6.04 Å². The third kappa shape index (κ3) is 4.97. The van der Waals surface area contributed by atoms with Crippen LogP contribution in [0.3, 0.4) is 0 Å². The predicted octanol–water partition coefficient (Wildman–Crippen LogP) is 5.06. The van der Waals surface area contributed by atoms with Gasteiger partial charge in [0.1, 0.15) is 12.4 Å². The van der Waals surface area contributed by atoms with Crippen molar-refractivity contribution in [3.05, 3.63) is 29.8 Å². The molecule has 0 unspecified atom stereocenters. The van der Waals surface area contributed by atoms with E-state index in [0.717, 1.165) is 18.3 Å². The Hall–Kier alpha value is -1.02. The first-order valence-corrected chi connectivity index (χ1v) is 9.77. The predicted molar refractivity (Wildman–Crippen MR) is 97.1 cm³/mol. The summed E-state index contributed by atoms with van der Waals surface area (Å²) in [4.78, 5) is 2.59. The van der Waals surface area contributed by atoms with Gasteiger partial charge in [-0.1, -0.05) is 56.7 Å². The standard InChI is InChI=1S/C21H33NO/c1-18(22-14-8-3-9-15-22)17-23-21-13-7-6-12-20(21)16-19-10-4-2-5-11-19/h6-7,12-13,18-19H,2-5,8-11,14-17H2,1H3/t18-/m0/s1. The Bertz CT molecular complexity index is 461. The maximum atomic E-state index is 6.25. The van der Waals surface area contributed by atoms with Crippen molar-refractivity contribution in [3.63, 3.8) is 0 Å². The first-order chi connectivity index (χ1) is 11.3. The van der Waals surface area contributed by atoms with Gasteiger partial charge in [0.2, 0.25) is 0 Å². The van der Waals surface area contributed by atoms with Crippen molar-refractivity contribution in [2.24, 2.45) is 5.92 Å². The molecule has 0 bridgehead atoms. The molecule has 2 aliphatic rings. The first kappa shape index (κ1) is 16.8. The van der Waals surface area contributed by atoms with Crippen molar-refractivity contribution < 1.29 is 4.74 Å². The Balaban J connectivity index is 1.54. The van der Waals surface area contributed by atoms with Gasteiger partial charge in [0.25, 0.3) is 0 Å². The molecule has 1 aliphatic heterocycles. The van der Waals surface area contributed by atoms with Crippen LogP contribution < -0.4 is 4.74 Å². The minimum atomic E-state index is 0.526. The highest BCUT2D eigenvalue weighted by Crippen LogP contribution is 2.30. The monoisotopic (exact) mass is 315 g/mol. The van der Waals surface area contributed by atoms with Gasteiger partial charge in [-0.25, -0.2) is 0 Å². The Morgan fingerprint density at radius 1 is 1.00 bits per heavy atom. The number of para-hydroxylation sites is 1. The van der Waals surface area contributed by atoms with Crippen molar-refractivity contribution in [3.8, 4) is 5.75 Å². The number of hydrogen-bond donors (Lipinski definition) is 0. The van der Waals surface area contributed by atoms with E-state index in [9.17, 15) is 0 Å². The summed E-state index contributed by atoms with van der Waals surface area (Å²) in [7, 11) is 0. The van der Waals surface area contributed by atoms with E-state index < -0.39 is 0 Å². The lowest BCUT2D eigenvalue weighted by Crippen LogP contribution is -2.40. The highest BCUT2D eigenvalue weighted by Gasteiger charge is 2.19. The summed E-state index contributed by atoms with van der Waals surface area (Å²) in [5.41, 5.74) is 1.42. The number of ether oxygens (including phenoxy) is 1. The molecular formula is C21H33NO. The maximum Gasteiger partial charge on any atom is 0.122 e.